The highest BCUT2D eigenvalue weighted by Crippen LogP contribution is 2.45. The largest absolute Gasteiger partial charge is 0.472 e. The molecule has 0 bridgehead atoms. The first kappa shape index (κ1) is 98.9. The Balaban J connectivity index is 5.38. The van der Waals surface area contributed by atoms with Crippen LogP contribution in [0.5, 0.6) is 0 Å². The number of aliphatic hydroxyl groups excluding tert-OH is 1. The van der Waals surface area contributed by atoms with Gasteiger partial charge in [0.1, 0.15) is 19.3 Å². The summed E-state index contributed by atoms with van der Waals surface area (Å²) in [4.78, 5) is 73.0. The fourth-order valence-corrected chi connectivity index (χ4v) is 11.8. The predicted octanol–water partition coefficient (Wildman–Crippen LogP) is 23.4. The van der Waals surface area contributed by atoms with Gasteiger partial charge in [0, 0.05) is 25.7 Å². The number of hydrogen-bond donors (Lipinski definition) is 3. The van der Waals surface area contributed by atoms with Crippen molar-refractivity contribution >= 4 is 39.5 Å². The van der Waals surface area contributed by atoms with Crippen LogP contribution in [0.1, 0.15) is 310 Å². The number of phosphoric ester groups is 2. The Morgan fingerprint density at radius 3 is 0.817 bits per heavy atom. The molecule has 0 saturated heterocycles. The van der Waals surface area contributed by atoms with Crippen LogP contribution in [0.3, 0.4) is 0 Å². The molecule has 5 unspecified atom stereocenters. The number of rotatable bonds is 74. The van der Waals surface area contributed by atoms with Gasteiger partial charge in [-0.25, -0.2) is 9.13 Å². The average molecular weight is 1500 g/mol. The van der Waals surface area contributed by atoms with Crippen molar-refractivity contribution in [2.75, 3.05) is 39.6 Å². The Labute approximate surface area is 630 Å². The molecule has 0 saturated carbocycles. The zero-order valence-corrected chi connectivity index (χ0v) is 66.7. The maximum Gasteiger partial charge on any atom is 0.472 e. The lowest BCUT2D eigenvalue weighted by atomic mass is 10.1. The van der Waals surface area contributed by atoms with Crippen molar-refractivity contribution in [1.82, 2.24) is 0 Å². The lowest BCUT2D eigenvalue weighted by Gasteiger charge is -2.21. The van der Waals surface area contributed by atoms with Crippen LogP contribution in [0.25, 0.3) is 0 Å². The molecule has 0 aromatic heterocycles. The van der Waals surface area contributed by atoms with E-state index < -0.39 is 97.5 Å². The number of unbranched alkanes of at least 4 members (excludes halogenated alkanes) is 24. The van der Waals surface area contributed by atoms with Crippen molar-refractivity contribution in [1.29, 1.82) is 0 Å². The van der Waals surface area contributed by atoms with Gasteiger partial charge < -0.3 is 33.8 Å². The molecule has 0 amide bonds. The quantitative estimate of drug-likeness (QED) is 0.0169. The first-order valence-electron chi connectivity index (χ1n) is 40.1. The van der Waals surface area contributed by atoms with Crippen molar-refractivity contribution in [2.24, 2.45) is 0 Å². The summed E-state index contributed by atoms with van der Waals surface area (Å²) in [6, 6.07) is 0. The summed E-state index contributed by atoms with van der Waals surface area (Å²) < 4.78 is 68.5. The second-order valence-corrected chi connectivity index (χ2v) is 29.1. The zero-order valence-electron chi connectivity index (χ0n) is 64.9. The van der Waals surface area contributed by atoms with Crippen molar-refractivity contribution < 1.29 is 80.2 Å². The van der Waals surface area contributed by atoms with Gasteiger partial charge >= 0.3 is 39.5 Å². The number of phosphoric acid groups is 2. The minimum atomic E-state index is -4.99. The monoisotopic (exact) mass is 1500 g/mol. The molecule has 19 heteroatoms. The predicted molar refractivity (Wildman–Crippen MR) is 427 cm³/mol. The SMILES string of the molecule is CC/C=C\C/C=C\C/C=C\C/C=C\C/C=C\CCCCCC(=O)OCC(COP(=O)(O)OCC(O)COP(=O)(O)OCC(COC(=O)CCCCCCCC/C=C\C/C=C\C/C=C\C/C=C\CC)OC(=O)CCCCCCC/C=C\C/C=C\CCCCC)OC(=O)CCCCCCC/C=C\CCCC. The fourth-order valence-electron chi connectivity index (χ4n) is 10.2. The highest BCUT2D eigenvalue weighted by atomic mass is 31.2. The summed E-state index contributed by atoms with van der Waals surface area (Å²) in [5.74, 6) is -2.25. The molecule has 0 radical (unpaired) electrons. The topological polar surface area (TPSA) is 237 Å². The second-order valence-electron chi connectivity index (χ2n) is 26.2. The van der Waals surface area contributed by atoms with Gasteiger partial charge in [0.25, 0.3) is 0 Å². The summed E-state index contributed by atoms with van der Waals surface area (Å²) in [7, 11) is -9.98. The van der Waals surface area contributed by atoms with E-state index in [4.69, 9.17) is 37.0 Å². The molecule has 5 atom stereocenters. The molecular formula is C85H142O17P2. The first-order valence-corrected chi connectivity index (χ1v) is 43.1. The fraction of sp³-hybridized carbons (Fsp3) is 0.671. The highest BCUT2D eigenvalue weighted by molar-refractivity contribution is 7.47. The van der Waals surface area contributed by atoms with Crippen molar-refractivity contribution in [2.45, 2.75) is 329 Å². The molecule has 17 nitrogen and oxygen atoms in total. The van der Waals surface area contributed by atoms with Crippen LogP contribution in [0.4, 0.5) is 0 Å². The van der Waals surface area contributed by atoms with Crippen molar-refractivity contribution in [3.05, 3.63) is 146 Å². The summed E-state index contributed by atoms with van der Waals surface area (Å²) in [6.45, 7) is 4.50. The number of esters is 4. The molecule has 0 aromatic carbocycles. The molecule has 594 valence electrons. The molecule has 0 aliphatic carbocycles. The number of ether oxygens (including phenoxy) is 4. The van der Waals surface area contributed by atoms with E-state index in [1.807, 2.05) is 0 Å². The average Bonchev–Trinajstić information content (AvgIpc) is 0.931. The third-order valence-corrected chi connectivity index (χ3v) is 18.2. The first-order chi connectivity index (χ1) is 50.7. The van der Waals surface area contributed by atoms with Gasteiger partial charge in [-0.1, -0.05) is 270 Å². The van der Waals surface area contributed by atoms with Crippen LogP contribution in [-0.2, 0) is 65.4 Å². The maximum absolute atomic E-state index is 13.1. The lowest BCUT2D eigenvalue weighted by molar-refractivity contribution is -0.161. The maximum atomic E-state index is 13.1. The third-order valence-electron chi connectivity index (χ3n) is 16.3. The number of carbonyl (C=O) groups is 4. The van der Waals surface area contributed by atoms with Gasteiger partial charge in [0.2, 0.25) is 0 Å². The summed E-state index contributed by atoms with van der Waals surface area (Å²) >= 11 is 0. The van der Waals surface area contributed by atoms with Crippen LogP contribution in [0.2, 0.25) is 0 Å². The van der Waals surface area contributed by atoms with Crippen LogP contribution < -0.4 is 0 Å². The number of carbonyl (C=O) groups excluding carboxylic acids is 4. The standard InChI is InChI=1S/C85H142O17P2/c1-5-9-13-17-21-25-29-32-35-37-39-41-44-46-50-53-57-61-65-69-82(87)95-75-80(101-84(89)71-67-63-59-55-49-28-24-20-16-12-8-4)77-99-103(91,92)97-73-79(86)74-98-104(93,94)100-78-81(102-85(90)72-68-64-60-56-52-48-43-34-31-27-23-19-15-11-7-3)76-96-83(88)70-66-62-58-54-51-47-45-42-40-38-36-33-30-26-22-18-14-10-6-2/h9-10,13-14,20-27,32-36,39-43,46,50,79-81,86H,5-8,11-12,15-19,28-31,37-38,44-45,47-49,51-78H2,1-4H3,(H,91,92)(H,93,94)/b13-9-,14-10-,24-20-,25-21-,26-22-,27-23-,35-32-,36-33-,41-39-,42-40-,43-34-,50-46-. The Morgan fingerprint density at radius 1 is 0.279 bits per heavy atom. The Kier molecular flexibility index (Phi) is 72.4. The van der Waals surface area contributed by atoms with E-state index in [1.54, 1.807) is 0 Å². The van der Waals surface area contributed by atoms with Gasteiger partial charge in [0.15, 0.2) is 12.2 Å². The minimum absolute atomic E-state index is 0.0713. The van der Waals surface area contributed by atoms with E-state index in [9.17, 15) is 43.2 Å². The van der Waals surface area contributed by atoms with E-state index in [2.05, 4.69) is 174 Å². The molecule has 0 fully saturated rings. The van der Waals surface area contributed by atoms with Gasteiger partial charge in [-0.05, 0) is 161 Å². The summed E-state index contributed by atoms with van der Waals surface area (Å²) in [5.41, 5.74) is 0. The van der Waals surface area contributed by atoms with Gasteiger partial charge in [0.05, 0.1) is 26.4 Å². The van der Waals surface area contributed by atoms with Crippen LogP contribution in [0, 0.1) is 0 Å². The van der Waals surface area contributed by atoms with E-state index in [0.717, 1.165) is 199 Å². The number of hydrogen-bond acceptors (Lipinski definition) is 15. The van der Waals surface area contributed by atoms with Crippen LogP contribution in [-0.4, -0.2) is 96.7 Å². The molecule has 0 aliphatic heterocycles. The molecule has 0 spiro atoms. The number of allylic oxidation sites excluding steroid dienone is 24. The Hall–Kier alpha value is -5.06. The van der Waals surface area contributed by atoms with Gasteiger partial charge in [-0.3, -0.25) is 37.3 Å². The molecule has 0 heterocycles. The van der Waals surface area contributed by atoms with Crippen LogP contribution in [0.15, 0.2) is 146 Å². The van der Waals surface area contributed by atoms with Crippen molar-refractivity contribution in [3.63, 3.8) is 0 Å². The third kappa shape index (κ3) is 75.2. The smallest absolute Gasteiger partial charge is 0.462 e. The zero-order chi connectivity index (χ0) is 76.0. The Morgan fingerprint density at radius 2 is 0.510 bits per heavy atom. The normalized spacial score (nSPS) is 14.6. The van der Waals surface area contributed by atoms with Gasteiger partial charge in [-0.15, -0.1) is 0 Å². The number of aliphatic hydroxyl groups is 1. The van der Waals surface area contributed by atoms with E-state index in [0.29, 0.717) is 25.7 Å². The summed E-state index contributed by atoms with van der Waals surface area (Å²) in [5, 5.41) is 10.6. The van der Waals surface area contributed by atoms with E-state index >= 15 is 0 Å². The molecule has 0 aliphatic rings. The van der Waals surface area contributed by atoms with E-state index in [-0.39, 0.29) is 25.7 Å². The highest BCUT2D eigenvalue weighted by Gasteiger charge is 2.30. The lowest BCUT2D eigenvalue weighted by Crippen LogP contribution is -2.30. The van der Waals surface area contributed by atoms with E-state index in [1.165, 1.54) is 32.1 Å². The molecule has 104 heavy (non-hydrogen) atoms. The minimum Gasteiger partial charge on any atom is -0.462 e. The van der Waals surface area contributed by atoms with Crippen LogP contribution >= 0.6 is 15.6 Å². The molecule has 0 rings (SSSR count). The molecular weight excluding hydrogens is 1350 g/mol. The molecule has 3 N–H and O–H groups in total. The van der Waals surface area contributed by atoms with Gasteiger partial charge in [-0.2, -0.15) is 0 Å². The summed E-state index contributed by atoms with van der Waals surface area (Å²) in [6.07, 6.45) is 86.8. The Bertz CT molecular complexity index is 2540. The van der Waals surface area contributed by atoms with Crippen molar-refractivity contribution in [3.8, 4) is 0 Å². The molecule has 0 aromatic rings. The second kappa shape index (κ2) is 76.1.